The van der Waals surface area contributed by atoms with E-state index in [2.05, 4.69) is 15.6 Å². The molecule has 0 radical (unpaired) electrons. The minimum Gasteiger partial charge on any atom is -0.491 e. The zero-order chi connectivity index (χ0) is 21.3. The lowest BCUT2D eigenvalue weighted by Gasteiger charge is -2.21. The monoisotopic (exact) mass is 405 g/mol. The maximum absolute atomic E-state index is 12.6. The lowest BCUT2D eigenvalue weighted by molar-refractivity contribution is -0.123. The summed E-state index contributed by atoms with van der Waals surface area (Å²) >= 11 is 0. The summed E-state index contributed by atoms with van der Waals surface area (Å²) in [5, 5.41) is 6.75. The van der Waals surface area contributed by atoms with Gasteiger partial charge in [0.25, 0.3) is 5.91 Å². The zero-order valence-electron chi connectivity index (χ0n) is 17.3. The summed E-state index contributed by atoms with van der Waals surface area (Å²) in [5.74, 6) is 0.252. The van der Waals surface area contributed by atoms with Crippen molar-refractivity contribution in [1.29, 1.82) is 0 Å². The van der Waals surface area contributed by atoms with Gasteiger partial charge in [-0.1, -0.05) is 50.2 Å². The molecule has 2 N–H and O–H groups in total. The first-order valence-corrected chi connectivity index (χ1v) is 10.2. The molecule has 1 unspecified atom stereocenters. The van der Waals surface area contributed by atoms with Crippen LogP contribution in [0, 0.1) is 5.92 Å². The van der Waals surface area contributed by atoms with Gasteiger partial charge in [-0.05, 0) is 36.6 Å². The summed E-state index contributed by atoms with van der Waals surface area (Å²) in [6, 6.07) is 18.0. The van der Waals surface area contributed by atoms with Gasteiger partial charge in [0.2, 0.25) is 5.91 Å². The minimum atomic E-state index is -0.596. The summed E-state index contributed by atoms with van der Waals surface area (Å²) < 4.78 is 5.85. The van der Waals surface area contributed by atoms with Crippen LogP contribution in [0.25, 0.3) is 10.9 Å². The van der Waals surface area contributed by atoms with Crippen LogP contribution in [0.1, 0.15) is 30.6 Å². The number of carbonyl (C=O) groups is 2. The quantitative estimate of drug-likeness (QED) is 0.533. The second-order valence-corrected chi connectivity index (χ2v) is 7.39. The average Bonchev–Trinajstić information content (AvgIpc) is 2.77. The number of aromatic nitrogens is 1. The van der Waals surface area contributed by atoms with Gasteiger partial charge in [0, 0.05) is 23.7 Å². The number of pyridine rings is 1. The van der Waals surface area contributed by atoms with Crippen molar-refractivity contribution in [2.45, 2.75) is 26.3 Å². The van der Waals surface area contributed by atoms with Gasteiger partial charge in [-0.2, -0.15) is 0 Å². The van der Waals surface area contributed by atoms with E-state index >= 15 is 0 Å². The van der Waals surface area contributed by atoms with Crippen LogP contribution in [0.5, 0.6) is 5.75 Å². The van der Waals surface area contributed by atoms with Crippen molar-refractivity contribution < 1.29 is 14.3 Å². The fourth-order valence-electron chi connectivity index (χ4n) is 3.12. The number of ether oxygens (including phenoxy) is 1. The third kappa shape index (κ3) is 5.56. The third-order valence-electron chi connectivity index (χ3n) is 4.75. The van der Waals surface area contributed by atoms with E-state index in [0.29, 0.717) is 25.1 Å². The van der Waals surface area contributed by atoms with Crippen LogP contribution in [0.4, 0.5) is 0 Å². The van der Waals surface area contributed by atoms with Crippen LogP contribution < -0.4 is 15.4 Å². The van der Waals surface area contributed by atoms with E-state index in [9.17, 15) is 9.59 Å². The molecule has 6 heteroatoms. The molecule has 0 fully saturated rings. The number of benzene rings is 2. The zero-order valence-corrected chi connectivity index (χ0v) is 17.3. The fraction of sp³-hybridized carbons (Fsp3) is 0.292. The Morgan fingerprint density at radius 3 is 2.53 bits per heavy atom. The van der Waals surface area contributed by atoms with Gasteiger partial charge in [0.15, 0.2) is 0 Å². The molecule has 0 bridgehead atoms. The van der Waals surface area contributed by atoms with Crippen LogP contribution >= 0.6 is 0 Å². The molecule has 1 heterocycles. The number of hydrogen-bond acceptors (Lipinski definition) is 4. The molecule has 2 amide bonds. The standard InChI is InChI=1S/C24H27N3O3/c1-17(2)21(27-23(28)19-9-4-3-5-10-19)24(29)26-15-8-16-30-20-13-6-11-18-12-7-14-25-22(18)20/h3-7,9-14,17,21H,8,15-16H2,1-2H3,(H,26,29)(H,27,28). The Kier molecular flexibility index (Phi) is 7.38. The maximum atomic E-state index is 12.6. The predicted octanol–water partition coefficient (Wildman–Crippen LogP) is 3.57. The molecule has 6 nitrogen and oxygen atoms in total. The van der Waals surface area contributed by atoms with Crippen molar-refractivity contribution in [2.24, 2.45) is 5.92 Å². The number of rotatable bonds is 9. The Morgan fingerprint density at radius 1 is 1.00 bits per heavy atom. The fourth-order valence-corrected chi connectivity index (χ4v) is 3.12. The molecule has 0 saturated carbocycles. The molecule has 3 rings (SSSR count). The predicted molar refractivity (Wildman–Crippen MR) is 117 cm³/mol. The van der Waals surface area contributed by atoms with Gasteiger partial charge in [0.1, 0.15) is 17.3 Å². The van der Waals surface area contributed by atoms with Gasteiger partial charge < -0.3 is 15.4 Å². The number of para-hydroxylation sites is 1. The molecule has 1 atom stereocenters. The Balaban J connectivity index is 1.47. The molecule has 30 heavy (non-hydrogen) atoms. The molecule has 3 aromatic rings. The Labute approximate surface area is 176 Å². The molecule has 1 aromatic heterocycles. The van der Waals surface area contributed by atoms with E-state index in [1.54, 1.807) is 30.5 Å². The van der Waals surface area contributed by atoms with Gasteiger partial charge >= 0.3 is 0 Å². The van der Waals surface area contributed by atoms with Crippen molar-refractivity contribution >= 4 is 22.7 Å². The number of amides is 2. The highest BCUT2D eigenvalue weighted by Crippen LogP contribution is 2.22. The molecule has 156 valence electrons. The summed E-state index contributed by atoms with van der Waals surface area (Å²) in [7, 11) is 0. The molecule has 0 aliphatic rings. The smallest absolute Gasteiger partial charge is 0.251 e. The minimum absolute atomic E-state index is 0.0318. The third-order valence-corrected chi connectivity index (χ3v) is 4.75. The van der Waals surface area contributed by atoms with Crippen LogP contribution in [0.3, 0.4) is 0 Å². The van der Waals surface area contributed by atoms with E-state index in [-0.39, 0.29) is 17.7 Å². The second kappa shape index (κ2) is 10.4. The highest BCUT2D eigenvalue weighted by atomic mass is 16.5. The summed E-state index contributed by atoms with van der Waals surface area (Å²) in [5.41, 5.74) is 1.36. The Morgan fingerprint density at radius 2 is 1.77 bits per heavy atom. The van der Waals surface area contributed by atoms with Gasteiger partial charge in [-0.3, -0.25) is 14.6 Å². The number of hydrogen-bond donors (Lipinski definition) is 2. The van der Waals surface area contributed by atoms with Crippen LogP contribution in [0.2, 0.25) is 0 Å². The van der Waals surface area contributed by atoms with E-state index in [0.717, 1.165) is 16.7 Å². The van der Waals surface area contributed by atoms with Crippen molar-refractivity contribution in [3.05, 3.63) is 72.4 Å². The van der Waals surface area contributed by atoms with Crippen LogP contribution in [-0.2, 0) is 4.79 Å². The number of nitrogens with zero attached hydrogens (tertiary/aromatic N) is 1. The van der Waals surface area contributed by atoms with Crippen LogP contribution in [0.15, 0.2) is 66.9 Å². The van der Waals surface area contributed by atoms with E-state index < -0.39 is 6.04 Å². The molecule has 0 saturated heterocycles. The topological polar surface area (TPSA) is 80.3 Å². The van der Waals surface area contributed by atoms with E-state index in [1.165, 1.54) is 0 Å². The van der Waals surface area contributed by atoms with Gasteiger partial charge in [-0.15, -0.1) is 0 Å². The lowest BCUT2D eigenvalue weighted by atomic mass is 10.0. The number of nitrogens with one attached hydrogen (secondary N) is 2. The molecule has 0 aliphatic heterocycles. The molecule has 2 aromatic carbocycles. The maximum Gasteiger partial charge on any atom is 0.251 e. The van der Waals surface area contributed by atoms with Crippen molar-refractivity contribution in [1.82, 2.24) is 15.6 Å². The lowest BCUT2D eigenvalue weighted by Crippen LogP contribution is -2.50. The van der Waals surface area contributed by atoms with E-state index in [1.807, 2.05) is 50.2 Å². The summed E-state index contributed by atoms with van der Waals surface area (Å²) in [6.45, 7) is 4.73. The SMILES string of the molecule is CC(C)C(NC(=O)c1ccccc1)C(=O)NCCCOc1cccc2cccnc12. The van der Waals surface area contributed by atoms with Crippen molar-refractivity contribution in [3.8, 4) is 5.75 Å². The molecular weight excluding hydrogens is 378 g/mol. The highest BCUT2D eigenvalue weighted by molar-refractivity contribution is 5.97. The van der Waals surface area contributed by atoms with Gasteiger partial charge in [-0.25, -0.2) is 0 Å². The first-order valence-electron chi connectivity index (χ1n) is 10.2. The van der Waals surface area contributed by atoms with Gasteiger partial charge in [0.05, 0.1) is 6.61 Å². The first-order chi connectivity index (χ1) is 14.6. The Bertz CT molecular complexity index is 984. The summed E-state index contributed by atoms with van der Waals surface area (Å²) in [4.78, 5) is 29.3. The normalized spacial score (nSPS) is 11.8. The molecule has 0 aliphatic carbocycles. The van der Waals surface area contributed by atoms with Crippen LogP contribution in [-0.4, -0.2) is 36.0 Å². The Hall–Kier alpha value is -3.41. The van der Waals surface area contributed by atoms with Crippen molar-refractivity contribution in [2.75, 3.05) is 13.2 Å². The second-order valence-electron chi connectivity index (χ2n) is 7.39. The molecule has 0 spiro atoms. The van der Waals surface area contributed by atoms with Crippen molar-refractivity contribution in [3.63, 3.8) is 0 Å². The summed E-state index contributed by atoms with van der Waals surface area (Å²) in [6.07, 6.45) is 2.39. The number of carbonyl (C=O) groups excluding carboxylic acids is 2. The largest absolute Gasteiger partial charge is 0.491 e. The molecular formula is C24H27N3O3. The first kappa shape index (κ1) is 21.3. The highest BCUT2D eigenvalue weighted by Gasteiger charge is 2.24. The van der Waals surface area contributed by atoms with E-state index in [4.69, 9.17) is 4.74 Å². The average molecular weight is 405 g/mol. The number of fused-ring (bicyclic) bond motifs is 1.